The maximum atomic E-state index is 12.8. The maximum Gasteiger partial charge on any atom is 0.217 e. The molecule has 2 rings (SSSR count). The molecule has 0 amide bonds. The Kier molecular flexibility index (Phi) is 3.49. The summed E-state index contributed by atoms with van der Waals surface area (Å²) in [6.45, 7) is 0.549. The van der Waals surface area contributed by atoms with Gasteiger partial charge in [-0.3, -0.25) is 0 Å². The molecule has 0 aliphatic heterocycles. The lowest BCUT2D eigenvalue weighted by Crippen LogP contribution is -2.02. The van der Waals surface area contributed by atoms with E-state index in [0.29, 0.717) is 12.4 Å². The molecule has 0 aliphatic carbocycles. The van der Waals surface area contributed by atoms with Gasteiger partial charge in [0.1, 0.15) is 17.9 Å². The van der Waals surface area contributed by atoms with Crippen LogP contribution in [0.3, 0.4) is 0 Å². The van der Waals surface area contributed by atoms with Gasteiger partial charge in [-0.2, -0.15) is 4.39 Å². The van der Waals surface area contributed by atoms with E-state index in [0.717, 1.165) is 11.3 Å². The molecule has 0 saturated carbocycles. The third-order valence-corrected chi connectivity index (χ3v) is 2.24. The standard InChI is InChI=1S/C12H12FN3O/c1-17-10-4-2-3-9(5-10)7-14-12-6-11(13)15-8-16-12/h2-6,8H,7H2,1H3,(H,14,15,16). The highest BCUT2D eigenvalue weighted by Crippen LogP contribution is 2.13. The number of hydrogen-bond donors (Lipinski definition) is 1. The summed E-state index contributed by atoms with van der Waals surface area (Å²) in [6, 6.07) is 8.88. The molecule has 1 aromatic heterocycles. The Bertz CT molecular complexity index is 505. The molecule has 0 spiro atoms. The van der Waals surface area contributed by atoms with Crippen molar-refractivity contribution >= 4 is 5.82 Å². The molecular formula is C12H12FN3O. The molecule has 1 N–H and O–H groups in total. The summed E-state index contributed by atoms with van der Waals surface area (Å²) in [4.78, 5) is 7.29. The summed E-state index contributed by atoms with van der Waals surface area (Å²) in [5, 5.41) is 3.01. The van der Waals surface area contributed by atoms with Crippen LogP contribution >= 0.6 is 0 Å². The number of halogens is 1. The number of nitrogens with one attached hydrogen (secondary N) is 1. The number of anilines is 1. The Morgan fingerprint density at radius 1 is 1.29 bits per heavy atom. The van der Waals surface area contributed by atoms with Crippen LogP contribution in [-0.2, 0) is 6.54 Å². The number of aromatic nitrogens is 2. The molecule has 4 nitrogen and oxygen atoms in total. The van der Waals surface area contributed by atoms with E-state index in [1.165, 1.54) is 12.4 Å². The van der Waals surface area contributed by atoms with E-state index in [-0.39, 0.29) is 0 Å². The molecule has 0 atom stereocenters. The lowest BCUT2D eigenvalue weighted by Gasteiger charge is -2.06. The summed E-state index contributed by atoms with van der Waals surface area (Å²) in [5.41, 5.74) is 1.03. The van der Waals surface area contributed by atoms with Gasteiger partial charge in [-0.15, -0.1) is 0 Å². The fourth-order valence-corrected chi connectivity index (χ4v) is 1.41. The third kappa shape index (κ3) is 3.14. The van der Waals surface area contributed by atoms with Crippen LogP contribution in [0.4, 0.5) is 10.2 Å². The molecule has 0 saturated heterocycles. The van der Waals surface area contributed by atoms with Gasteiger partial charge < -0.3 is 10.1 Å². The van der Waals surface area contributed by atoms with Gasteiger partial charge in [-0.25, -0.2) is 9.97 Å². The molecule has 88 valence electrons. The summed E-state index contributed by atoms with van der Waals surface area (Å²) >= 11 is 0. The van der Waals surface area contributed by atoms with Crippen LogP contribution in [0.5, 0.6) is 5.75 Å². The van der Waals surface area contributed by atoms with Gasteiger partial charge in [-0.05, 0) is 17.7 Å². The van der Waals surface area contributed by atoms with E-state index < -0.39 is 5.95 Å². The molecule has 5 heteroatoms. The second-order valence-corrected chi connectivity index (χ2v) is 3.43. The van der Waals surface area contributed by atoms with E-state index in [4.69, 9.17) is 4.74 Å². The van der Waals surface area contributed by atoms with Crippen molar-refractivity contribution in [2.75, 3.05) is 12.4 Å². The molecule has 0 bridgehead atoms. The average Bonchev–Trinajstić information content (AvgIpc) is 2.37. The number of nitrogens with zero attached hydrogens (tertiary/aromatic N) is 2. The molecule has 0 aliphatic rings. The van der Waals surface area contributed by atoms with Gasteiger partial charge in [0, 0.05) is 12.6 Å². The van der Waals surface area contributed by atoms with E-state index in [1.54, 1.807) is 7.11 Å². The maximum absolute atomic E-state index is 12.8. The highest BCUT2D eigenvalue weighted by molar-refractivity contribution is 5.35. The van der Waals surface area contributed by atoms with Crippen molar-refractivity contribution in [3.63, 3.8) is 0 Å². The number of benzene rings is 1. The summed E-state index contributed by atoms with van der Waals surface area (Å²) in [7, 11) is 1.62. The Morgan fingerprint density at radius 2 is 2.18 bits per heavy atom. The van der Waals surface area contributed by atoms with E-state index >= 15 is 0 Å². The number of hydrogen-bond acceptors (Lipinski definition) is 4. The van der Waals surface area contributed by atoms with Crippen molar-refractivity contribution < 1.29 is 9.13 Å². The topological polar surface area (TPSA) is 47.0 Å². The Labute approximate surface area is 98.5 Å². The smallest absolute Gasteiger partial charge is 0.217 e. The van der Waals surface area contributed by atoms with Crippen LogP contribution in [0, 0.1) is 5.95 Å². The predicted molar refractivity (Wildman–Crippen MR) is 62.3 cm³/mol. The first kappa shape index (κ1) is 11.3. The van der Waals surface area contributed by atoms with E-state index in [2.05, 4.69) is 15.3 Å². The summed E-state index contributed by atoms with van der Waals surface area (Å²) in [5.74, 6) is 0.701. The SMILES string of the molecule is COc1cccc(CNc2cc(F)ncn2)c1. The van der Waals surface area contributed by atoms with Gasteiger partial charge in [0.25, 0.3) is 0 Å². The summed E-state index contributed by atoms with van der Waals surface area (Å²) in [6.07, 6.45) is 1.18. The third-order valence-electron chi connectivity index (χ3n) is 2.24. The highest BCUT2D eigenvalue weighted by atomic mass is 19.1. The first-order valence-electron chi connectivity index (χ1n) is 5.12. The van der Waals surface area contributed by atoms with Crippen molar-refractivity contribution in [2.24, 2.45) is 0 Å². The van der Waals surface area contributed by atoms with Gasteiger partial charge in [0.2, 0.25) is 5.95 Å². The largest absolute Gasteiger partial charge is 0.497 e. The first-order valence-corrected chi connectivity index (χ1v) is 5.12. The van der Waals surface area contributed by atoms with Crippen LogP contribution in [0.1, 0.15) is 5.56 Å². The lowest BCUT2D eigenvalue weighted by atomic mass is 10.2. The van der Waals surface area contributed by atoms with Crippen LogP contribution in [0.25, 0.3) is 0 Å². The van der Waals surface area contributed by atoms with Gasteiger partial charge >= 0.3 is 0 Å². The zero-order valence-corrected chi connectivity index (χ0v) is 9.35. The van der Waals surface area contributed by atoms with Crippen molar-refractivity contribution in [3.8, 4) is 5.75 Å². The fraction of sp³-hybridized carbons (Fsp3) is 0.167. The zero-order chi connectivity index (χ0) is 12.1. The number of methoxy groups -OCH3 is 1. The van der Waals surface area contributed by atoms with Crippen molar-refractivity contribution in [3.05, 3.63) is 48.2 Å². The minimum Gasteiger partial charge on any atom is -0.497 e. The molecule has 0 fully saturated rings. The van der Waals surface area contributed by atoms with Crippen molar-refractivity contribution in [1.82, 2.24) is 9.97 Å². The fourth-order valence-electron chi connectivity index (χ4n) is 1.41. The lowest BCUT2D eigenvalue weighted by molar-refractivity contribution is 0.414. The van der Waals surface area contributed by atoms with Gasteiger partial charge in [-0.1, -0.05) is 12.1 Å². The van der Waals surface area contributed by atoms with Crippen LogP contribution in [-0.4, -0.2) is 17.1 Å². The average molecular weight is 233 g/mol. The Balaban J connectivity index is 2.02. The highest BCUT2D eigenvalue weighted by Gasteiger charge is 1.99. The first-order chi connectivity index (χ1) is 8.28. The van der Waals surface area contributed by atoms with E-state index in [1.807, 2.05) is 24.3 Å². The van der Waals surface area contributed by atoms with E-state index in [9.17, 15) is 4.39 Å². The van der Waals surface area contributed by atoms with Gasteiger partial charge in [0.05, 0.1) is 7.11 Å². The predicted octanol–water partition coefficient (Wildman–Crippen LogP) is 2.24. The molecule has 17 heavy (non-hydrogen) atoms. The second kappa shape index (κ2) is 5.25. The molecule has 0 unspecified atom stereocenters. The molecule has 1 heterocycles. The Hall–Kier alpha value is -2.17. The molecule has 1 aromatic carbocycles. The van der Waals surface area contributed by atoms with Crippen molar-refractivity contribution in [1.29, 1.82) is 0 Å². The quantitative estimate of drug-likeness (QED) is 0.823. The van der Waals surface area contributed by atoms with Crippen molar-refractivity contribution in [2.45, 2.75) is 6.54 Å². The second-order valence-electron chi connectivity index (χ2n) is 3.43. The number of ether oxygens (including phenoxy) is 1. The van der Waals surface area contributed by atoms with Crippen LogP contribution < -0.4 is 10.1 Å². The number of rotatable bonds is 4. The Morgan fingerprint density at radius 3 is 2.94 bits per heavy atom. The molecule has 2 aromatic rings. The molecule has 0 radical (unpaired) electrons. The monoisotopic (exact) mass is 233 g/mol. The minimum absolute atomic E-state index is 0.459. The molecular weight excluding hydrogens is 221 g/mol. The zero-order valence-electron chi connectivity index (χ0n) is 9.35. The van der Waals surface area contributed by atoms with Gasteiger partial charge in [0.15, 0.2) is 0 Å². The minimum atomic E-state index is -0.548. The summed E-state index contributed by atoms with van der Waals surface area (Å²) < 4.78 is 17.9. The normalized spacial score (nSPS) is 10.0. The van der Waals surface area contributed by atoms with Crippen LogP contribution in [0.2, 0.25) is 0 Å². The van der Waals surface area contributed by atoms with Crippen LogP contribution in [0.15, 0.2) is 36.7 Å².